The Kier molecular flexibility index (Phi) is 2.87. The first-order chi connectivity index (χ1) is 6.81. The predicted octanol–water partition coefficient (Wildman–Crippen LogP) is 2.35. The van der Waals surface area contributed by atoms with E-state index in [4.69, 9.17) is 0 Å². The largest absolute Gasteiger partial charge is 0.312 e. The Hall–Kier alpha value is -0.830. The van der Waals surface area contributed by atoms with E-state index >= 15 is 0 Å². The van der Waals surface area contributed by atoms with E-state index < -0.39 is 0 Å². The molecule has 0 spiro atoms. The van der Waals surface area contributed by atoms with Crippen LogP contribution in [0.3, 0.4) is 0 Å². The highest BCUT2D eigenvalue weighted by Crippen LogP contribution is 2.33. The van der Waals surface area contributed by atoms with Crippen molar-refractivity contribution in [2.75, 3.05) is 7.05 Å². The first-order valence-corrected chi connectivity index (χ1v) is 5.53. The minimum Gasteiger partial charge on any atom is -0.312 e. The van der Waals surface area contributed by atoms with Crippen molar-refractivity contribution in [2.24, 2.45) is 0 Å². The Morgan fingerprint density at radius 2 is 2.21 bits per heavy atom. The average molecular weight is 193 g/mol. The number of aromatic amines is 1. The smallest absolute Gasteiger partial charge is 0.0791 e. The van der Waals surface area contributed by atoms with Gasteiger partial charge in [0.2, 0.25) is 0 Å². The van der Waals surface area contributed by atoms with E-state index in [1.54, 1.807) is 0 Å². The van der Waals surface area contributed by atoms with Gasteiger partial charge in [-0.05, 0) is 32.9 Å². The molecular formula is C11H19N3. The summed E-state index contributed by atoms with van der Waals surface area (Å²) in [4.78, 5) is 0. The molecule has 1 saturated carbocycles. The van der Waals surface area contributed by atoms with E-state index in [0.29, 0.717) is 6.04 Å². The highest BCUT2D eigenvalue weighted by atomic mass is 15.1. The zero-order valence-electron chi connectivity index (χ0n) is 9.01. The molecule has 2 N–H and O–H groups in total. The van der Waals surface area contributed by atoms with Gasteiger partial charge in [0.15, 0.2) is 0 Å². The lowest BCUT2D eigenvalue weighted by atomic mass is 10.0. The minimum absolute atomic E-state index is 0.349. The van der Waals surface area contributed by atoms with Crippen molar-refractivity contribution in [2.45, 2.75) is 44.6 Å². The van der Waals surface area contributed by atoms with Crippen molar-refractivity contribution in [1.29, 1.82) is 0 Å². The Morgan fingerprint density at radius 1 is 1.50 bits per heavy atom. The monoisotopic (exact) mass is 193 g/mol. The van der Waals surface area contributed by atoms with Crippen LogP contribution in [-0.2, 0) is 0 Å². The van der Waals surface area contributed by atoms with Crippen LogP contribution in [0.5, 0.6) is 0 Å². The molecule has 0 radical (unpaired) electrons. The van der Waals surface area contributed by atoms with Crippen molar-refractivity contribution in [3.63, 3.8) is 0 Å². The van der Waals surface area contributed by atoms with Crippen molar-refractivity contribution in [3.8, 4) is 0 Å². The van der Waals surface area contributed by atoms with Gasteiger partial charge in [0.1, 0.15) is 0 Å². The van der Waals surface area contributed by atoms with Crippen LogP contribution in [-0.4, -0.2) is 17.2 Å². The quantitative estimate of drug-likeness (QED) is 0.773. The number of nitrogens with zero attached hydrogens (tertiary/aromatic N) is 1. The molecule has 1 aliphatic rings. The van der Waals surface area contributed by atoms with Crippen LogP contribution >= 0.6 is 0 Å². The summed E-state index contributed by atoms with van der Waals surface area (Å²) >= 11 is 0. The Balaban J connectivity index is 2.08. The third kappa shape index (κ3) is 1.82. The van der Waals surface area contributed by atoms with Crippen LogP contribution in [0, 0.1) is 0 Å². The van der Waals surface area contributed by atoms with Gasteiger partial charge < -0.3 is 5.32 Å². The third-order valence-electron chi connectivity index (χ3n) is 3.29. The van der Waals surface area contributed by atoms with Gasteiger partial charge in [-0.2, -0.15) is 5.10 Å². The second-order valence-corrected chi connectivity index (χ2v) is 4.24. The normalized spacial score (nSPS) is 20.1. The summed E-state index contributed by atoms with van der Waals surface area (Å²) in [5, 5.41) is 10.7. The molecule has 1 aromatic rings. The zero-order chi connectivity index (χ0) is 9.97. The maximum atomic E-state index is 4.34. The number of hydrogen-bond acceptors (Lipinski definition) is 2. The fourth-order valence-corrected chi connectivity index (χ4v) is 2.17. The van der Waals surface area contributed by atoms with Crippen molar-refractivity contribution >= 4 is 0 Å². The lowest BCUT2D eigenvalue weighted by molar-refractivity contribution is 0.630. The summed E-state index contributed by atoms with van der Waals surface area (Å²) < 4.78 is 0. The molecule has 1 aliphatic carbocycles. The minimum atomic E-state index is 0.349. The molecule has 0 bridgehead atoms. The van der Waals surface area contributed by atoms with Crippen LogP contribution < -0.4 is 5.32 Å². The van der Waals surface area contributed by atoms with Gasteiger partial charge in [-0.3, -0.25) is 5.10 Å². The highest BCUT2D eigenvalue weighted by Gasteiger charge is 2.19. The van der Waals surface area contributed by atoms with E-state index in [2.05, 4.69) is 28.5 Å². The molecule has 0 aromatic carbocycles. The SMILES string of the molecule is CNC(C)c1cc(C2CCCC2)[nH]n1. The summed E-state index contributed by atoms with van der Waals surface area (Å²) in [7, 11) is 1.97. The second-order valence-electron chi connectivity index (χ2n) is 4.24. The molecule has 1 fully saturated rings. The number of H-pyrrole nitrogens is 1. The maximum Gasteiger partial charge on any atom is 0.0791 e. The van der Waals surface area contributed by atoms with Gasteiger partial charge in [-0.1, -0.05) is 12.8 Å². The van der Waals surface area contributed by atoms with Crippen LogP contribution in [0.2, 0.25) is 0 Å². The molecule has 14 heavy (non-hydrogen) atoms. The third-order valence-corrected chi connectivity index (χ3v) is 3.29. The molecule has 2 rings (SSSR count). The molecule has 78 valence electrons. The van der Waals surface area contributed by atoms with E-state index in [-0.39, 0.29) is 0 Å². The molecule has 0 saturated heterocycles. The first kappa shape index (κ1) is 9.71. The molecule has 1 atom stereocenters. The lowest BCUT2D eigenvalue weighted by Crippen LogP contribution is -2.12. The summed E-state index contributed by atoms with van der Waals surface area (Å²) in [6.45, 7) is 2.13. The molecule has 1 aromatic heterocycles. The molecule has 3 heteroatoms. The van der Waals surface area contributed by atoms with Gasteiger partial charge in [0.05, 0.1) is 5.69 Å². The first-order valence-electron chi connectivity index (χ1n) is 5.53. The Bertz CT molecular complexity index is 286. The molecule has 1 unspecified atom stereocenters. The Labute approximate surface area is 85.3 Å². The van der Waals surface area contributed by atoms with Gasteiger partial charge in [-0.15, -0.1) is 0 Å². The lowest BCUT2D eigenvalue weighted by Gasteiger charge is -2.05. The summed E-state index contributed by atoms with van der Waals surface area (Å²) in [6, 6.07) is 2.57. The van der Waals surface area contributed by atoms with Crippen molar-refractivity contribution in [1.82, 2.24) is 15.5 Å². The van der Waals surface area contributed by atoms with Gasteiger partial charge in [0.25, 0.3) is 0 Å². The van der Waals surface area contributed by atoms with Crippen LogP contribution in [0.25, 0.3) is 0 Å². The van der Waals surface area contributed by atoms with Gasteiger partial charge >= 0.3 is 0 Å². The highest BCUT2D eigenvalue weighted by molar-refractivity contribution is 5.16. The summed E-state index contributed by atoms with van der Waals surface area (Å²) in [6.07, 6.45) is 5.41. The molecule has 1 heterocycles. The van der Waals surface area contributed by atoms with Crippen molar-refractivity contribution in [3.05, 3.63) is 17.5 Å². The Morgan fingerprint density at radius 3 is 2.86 bits per heavy atom. The van der Waals surface area contributed by atoms with Crippen LogP contribution in [0.1, 0.15) is 56.0 Å². The predicted molar refractivity (Wildman–Crippen MR) is 57.3 cm³/mol. The number of rotatable bonds is 3. The fourth-order valence-electron chi connectivity index (χ4n) is 2.17. The molecular weight excluding hydrogens is 174 g/mol. The van der Waals surface area contributed by atoms with Crippen molar-refractivity contribution < 1.29 is 0 Å². The molecule has 0 amide bonds. The average Bonchev–Trinajstić information content (AvgIpc) is 2.86. The molecule has 0 aliphatic heterocycles. The maximum absolute atomic E-state index is 4.34. The molecule has 3 nitrogen and oxygen atoms in total. The van der Waals surface area contributed by atoms with E-state index in [1.165, 1.54) is 31.4 Å². The van der Waals surface area contributed by atoms with E-state index in [1.807, 2.05) is 7.05 Å². The standard InChI is InChI=1S/C11H19N3/c1-8(12-2)10-7-11(14-13-10)9-5-3-4-6-9/h7-9,12H,3-6H2,1-2H3,(H,13,14). The number of hydrogen-bond donors (Lipinski definition) is 2. The fraction of sp³-hybridized carbons (Fsp3) is 0.727. The van der Waals surface area contributed by atoms with Crippen LogP contribution in [0.15, 0.2) is 6.07 Å². The van der Waals surface area contributed by atoms with Gasteiger partial charge in [0, 0.05) is 17.7 Å². The van der Waals surface area contributed by atoms with E-state index in [0.717, 1.165) is 11.6 Å². The second kappa shape index (κ2) is 4.13. The number of aromatic nitrogens is 2. The summed E-state index contributed by atoms with van der Waals surface area (Å²) in [5.41, 5.74) is 2.47. The topological polar surface area (TPSA) is 40.7 Å². The van der Waals surface area contributed by atoms with E-state index in [9.17, 15) is 0 Å². The zero-order valence-corrected chi connectivity index (χ0v) is 9.01. The van der Waals surface area contributed by atoms with Gasteiger partial charge in [-0.25, -0.2) is 0 Å². The number of nitrogens with one attached hydrogen (secondary N) is 2. The summed E-state index contributed by atoms with van der Waals surface area (Å²) in [5.74, 6) is 0.736. The van der Waals surface area contributed by atoms with Crippen LogP contribution in [0.4, 0.5) is 0 Å².